The van der Waals surface area contributed by atoms with Gasteiger partial charge in [-0.2, -0.15) is 5.10 Å². The normalized spacial score (nSPS) is 19.5. The molecule has 1 atom stereocenters. The molecule has 0 spiro atoms. The first-order valence-corrected chi connectivity index (χ1v) is 10.2. The van der Waals surface area contributed by atoms with E-state index in [9.17, 15) is 4.79 Å². The van der Waals surface area contributed by atoms with Crippen LogP contribution >= 0.6 is 0 Å². The number of nitrogens with zero attached hydrogens (tertiary/aromatic N) is 3. The molecule has 4 rings (SSSR count). The SMILES string of the molecule is COc1cc2c(cc1CN1CCCC(c3[nH]ncc3C(=O)N(C)C)C1)CCC2. The fraction of sp³-hybridized carbons (Fsp3) is 0.545. The lowest BCUT2D eigenvalue weighted by Crippen LogP contribution is -2.35. The van der Waals surface area contributed by atoms with Crippen molar-refractivity contribution in [3.05, 3.63) is 46.3 Å². The number of ether oxygens (including phenoxy) is 1. The number of carbonyl (C=O) groups excluding carboxylic acids is 1. The maximum absolute atomic E-state index is 12.5. The summed E-state index contributed by atoms with van der Waals surface area (Å²) >= 11 is 0. The van der Waals surface area contributed by atoms with Crippen LogP contribution in [0, 0.1) is 0 Å². The molecule has 1 aromatic heterocycles. The smallest absolute Gasteiger partial charge is 0.256 e. The van der Waals surface area contributed by atoms with Crippen molar-refractivity contribution < 1.29 is 9.53 Å². The van der Waals surface area contributed by atoms with Crippen LogP contribution in [0.1, 0.15) is 57.9 Å². The fourth-order valence-electron chi connectivity index (χ4n) is 4.66. The number of methoxy groups -OCH3 is 1. The summed E-state index contributed by atoms with van der Waals surface area (Å²) in [4.78, 5) is 16.6. The Balaban J connectivity index is 1.51. The van der Waals surface area contributed by atoms with Crippen molar-refractivity contribution in [2.24, 2.45) is 0 Å². The zero-order valence-corrected chi connectivity index (χ0v) is 17.1. The molecule has 0 saturated carbocycles. The number of aryl methyl sites for hydroxylation is 2. The van der Waals surface area contributed by atoms with E-state index in [4.69, 9.17) is 4.74 Å². The second kappa shape index (κ2) is 7.95. The molecule has 1 aliphatic carbocycles. The number of aromatic nitrogens is 2. The van der Waals surface area contributed by atoms with Crippen LogP contribution in [0.25, 0.3) is 0 Å². The first-order chi connectivity index (χ1) is 13.6. The first kappa shape index (κ1) is 19.0. The molecule has 28 heavy (non-hydrogen) atoms. The summed E-state index contributed by atoms with van der Waals surface area (Å²) in [6.45, 7) is 2.88. The summed E-state index contributed by atoms with van der Waals surface area (Å²) in [6, 6.07) is 4.59. The van der Waals surface area contributed by atoms with Gasteiger partial charge >= 0.3 is 0 Å². The summed E-state index contributed by atoms with van der Waals surface area (Å²) in [5.74, 6) is 1.32. The van der Waals surface area contributed by atoms with Gasteiger partial charge in [-0.3, -0.25) is 14.8 Å². The maximum Gasteiger partial charge on any atom is 0.256 e. The van der Waals surface area contributed by atoms with Crippen molar-refractivity contribution in [3.8, 4) is 5.75 Å². The summed E-state index contributed by atoms with van der Waals surface area (Å²) in [6.07, 6.45) is 7.45. The Morgan fingerprint density at radius 1 is 1.29 bits per heavy atom. The summed E-state index contributed by atoms with van der Waals surface area (Å²) in [5.41, 5.74) is 5.88. The van der Waals surface area contributed by atoms with E-state index in [0.717, 1.165) is 43.9 Å². The number of aromatic amines is 1. The zero-order valence-electron chi connectivity index (χ0n) is 17.1. The van der Waals surface area contributed by atoms with Gasteiger partial charge in [-0.15, -0.1) is 0 Å². The number of hydrogen-bond acceptors (Lipinski definition) is 4. The van der Waals surface area contributed by atoms with Crippen LogP contribution in [0.3, 0.4) is 0 Å². The number of nitrogens with one attached hydrogen (secondary N) is 1. The number of H-pyrrole nitrogens is 1. The van der Waals surface area contributed by atoms with Gasteiger partial charge in [0.05, 0.1) is 24.6 Å². The van der Waals surface area contributed by atoms with E-state index in [2.05, 4.69) is 27.2 Å². The second-order valence-corrected chi connectivity index (χ2v) is 8.26. The number of amides is 1. The molecule has 1 saturated heterocycles. The minimum Gasteiger partial charge on any atom is -0.496 e. The van der Waals surface area contributed by atoms with Crippen LogP contribution in [0.5, 0.6) is 5.75 Å². The molecule has 0 radical (unpaired) electrons. The van der Waals surface area contributed by atoms with E-state index >= 15 is 0 Å². The van der Waals surface area contributed by atoms with Gasteiger partial charge in [0.25, 0.3) is 5.91 Å². The van der Waals surface area contributed by atoms with E-state index in [1.807, 2.05) is 0 Å². The number of likely N-dealkylation sites (tertiary alicyclic amines) is 1. The maximum atomic E-state index is 12.5. The third-order valence-electron chi connectivity index (χ3n) is 6.11. The standard InChI is InChI=1S/C22H30N4O2/c1-25(2)22(27)19-12-23-24-21(19)17-8-5-9-26(13-17)14-18-10-15-6-4-7-16(15)11-20(18)28-3/h10-12,17H,4-9,13-14H2,1-3H3,(H,23,24). The van der Waals surface area contributed by atoms with Crippen LogP contribution < -0.4 is 4.74 Å². The third kappa shape index (κ3) is 3.65. The van der Waals surface area contributed by atoms with Gasteiger partial charge in [-0.05, 0) is 55.8 Å². The van der Waals surface area contributed by atoms with Crippen molar-refractivity contribution >= 4 is 5.91 Å². The molecule has 2 aromatic rings. The highest BCUT2D eigenvalue weighted by Gasteiger charge is 2.28. The largest absolute Gasteiger partial charge is 0.496 e. The predicted molar refractivity (Wildman–Crippen MR) is 109 cm³/mol. The summed E-state index contributed by atoms with van der Waals surface area (Å²) in [7, 11) is 5.34. The number of piperidine rings is 1. The Bertz CT molecular complexity index is 858. The molecule has 6 nitrogen and oxygen atoms in total. The number of benzene rings is 1. The highest BCUT2D eigenvalue weighted by molar-refractivity contribution is 5.94. The van der Waals surface area contributed by atoms with Gasteiger partial charge in [0.15, 0.2) is 0 Å². The van der Waals surface area contributed by atoms with Crippen LogP contribution in [-0.2, 0) is 19.4 Å². The topological polar surface area (TPSA) is 61.5 Å². The lowest BCUT2D eigenvalue weighted by atomic mass is 9.91. The first-order valence-electron chi connectivity index (χ1n) is 10.2. The Kier molecular flexibility index (Phi) is 5.40. The Labute approximate surface area is 166 Å². The van der Waals surface area contributed by atoms with Crippen LogP contribution in [0.15, 0.2) is 18.3 Å². The molecule has 2 heterocycles. The van der Waals surface area contributed by atoms with Crippen molar-refractivity contribution in [2.75, 3.05) is 34.3 Å². The highest BCUT2D eigenvalue weighted by atomic mass is 16.5. The van der Waals surface area contributed by atoms with Gasteiger partial charge in [-0.25, -0.2) is 0 Å². The average molecular weight is 383 g/mol. The monoisotopic (exact) mass is 382 g/mol. The van der Waals surface area contributed by atoms with Gasteiger partial charge in [0.2, 0.25) is 0 Å². The Morgan fingerprint density at radius 3 is 2.82 bits per heavy atom. The minimum absolute atomic E-state index is 0.0150. The Morgan fingerprint density at radius 2 is 2.07 bits per heavy atom. The van der Waals surface area contributed by atoms with E-state index in [-0.39, 0.29) is 5.91 Å². The van der Waals surface area contributed by atoms with Gasteiger partial charge in [-0.1, -0.05) is 6.07 Å². The molecule has 1 fully saturated rings. The van der Waals surface area contributed by atoms with E-state index in [0.29, 0.717) is 11.5 Å². The number of carbonyl (C=O) groups is 1. The second-order valence-electron chi connectivity index (χ2n) is 8.26. The van der Waals surface area contributed by atoms with Crippen LogP contribution in [0.4, 0.5) is 0 Å². The van der Waals surface area contributed by atoms with Crippen LogP contribution in [0.2, 0.25) is 0 Å². The fourth-order valence-corrected chi connectivity index (χ4v) is 4.66. The molecule has 1 unspecified atom stereocenters. The van der Waals surface area contributed by atoms with Gasteiger partial charge < -0.3 is 9.64 Å². The molecule has 1 N–H and O–H groups in total. The molecular weight excluding hydrogens is 352 g/mol. The number of hydrogen-bond donors (Lipinski definition) is 1. The van der Waals surface area contributed by atoms with Crippen LogP contribution in [-0.4, -0.2) is 60.2 Å². The quantitative estimate of drug-likeness (QED) is 0.864. The number of rotatable bonds is 5. The molecule has 6 heteroatoms. The highest BCUT2D eigenvalue weighted by Crippen LogP contribution is 2.33. The molecule has 1 aromatic carbocycles. The zero-order chi connectivity index (χ0) is 19.7. The lowest BCUT2D eigenvalue weighted by molar-refractivity contribution is 0.0825. The van der Waals surface area contributed by atoms with E-state index < -0.39 is 0 Å². The summed E-state index contributed by atoms with van der Waals surface area (Å²) < 4.78 is 5.70. The van der Waals surface area contributed by atoms with Crippen molar-refractivity contribution in [1.82, 2.24) is 20.0 Å². The lowest BCUT2D eigenvalue weighted by Gasteiger charge is -2.33. The molecule has 150 valence electrons. The number of fused-ring (bicyclic) bond motifs is 1. The molecule has 2 aliphatic rings. The summed E-state index contributed by atoms with van der Waals surface area (Å²) in [5, 5.41) is 7.27. The van der Waals surface area contributed by atoms with Gasteiger partial charge in [0.1, 0.15) is 5.75 Å². The van der Waals surface area contributed by atoms with Crippen molar-refractivity contribution in [1.29, 1.82) is 0 Å². The predicted octanol–water partition coefficient (Wildman–Crippen LogP) is 2.99. The molecule has 0 bridgehead atoms. The van der Waals surface area contributed by atoms with Crippen molar-refractivity contribution in [3.63, 3.8) is 0 Å². The third-order valence-corrected chi connectivity index (χ3v) is 6.11. The average Bonchev–Trinajstić information content (AvgIpc) is 3.35. The van der Waals surface area contributed by atoms with E-state index in [1.54, 1.807) is 32.3 Å². The molecule has 1 amide bonds. The van der Waals surface area contributed by atoms with Gasteiger partial charge in [0, 0.05) is 38.7 Å². The minimum atomic E-state index is 0.0150. The molecule has 1 aliphatic heterocycles. The molecular formula is C22H30N4O2. The Hall–Kier alpha value is -2.34. The van der Waals surface area contributed by atoms with Crippen molar-refractivity contribution in [2.45, 2.75) is 44.6 Å². The van der Waals surface area contributed by atoms with E-state index in [1.165, 1.54) is 36.0 Å².